The number of para-hydroxylation sites is 1. The third-order valence-corrected chi connectivity index (χ3v) is 5.49. The molecule has 0 fully saturated rings. The normalized spacial score (nSPS) is 18.3. The fourth-order valence-corrected chi connectivity index (χ4v) is 4.19. The molecule has 2 aliphatic heterocycles. The summed E-state index contributed by atoms with van der Waals surface area (Å²) in [6.07, 6.45) is 0.759. The number of methoxy groups -OCH3 is 1. The smallest absolute Gasteiger partial charge is 0.345 e. The number of hydrogen-bond donors (Lipinski definition) is 1. The Hall–Kier alpha value is -3.19. The zero-order valence-electron chi connectivity index (χ0n) is 15.5. The van der Waals surface area contributed by atoms with Gasteiger partial charge in [0.1, 0.15) is 16.9 Å². The maximum absolute atomic E-state index is 12.9. The van der Waals surface area contributed by atoms with Crippen molar-refractivity contribution in [2.24, 2.45) is 0 Å². The molecule has 0 aliphatic carbocycles. The van der Waals surface area contributed by atoms with Gasteiger partial charge in [-0.1, -0.05) is 12.1 Å². The molecule has 0 radical (unpaired) electrons. The molecule has 1 aromatic heterocycles. The average Bonchev–Trinajstić information content (AvgIpc) is 3.16. The van der Waals surface area contributed by atoms with E-state index >= 15 is 0 Å². The van der Waals surface area contributed by atoms with Gasteiger partial charge in [-0.15, -0.1) is 0 Å². The van der Waals surface area contributed by atoms with Crippen molar-refractivity contribution in [1.82, 2.24) is 4.90 Å². The van der Waals surface area contributed by atoms with Gasteiger partial charge in [0, 0.05) is 12.1 Å². The minimum absolute atomic E-state index is 0.0729. The first-order valence-electron chi connectivity index (χ1n) is 9.04. The van der Waals surface area contributed by atoms with Crippen LogP contribution in [0.4, 0.5) is 0 Å². The Morgan fingerprint density at radius 2 is 2.04 bits per heavy atom. The molecular weight excluding hydrogens is 362 g/mol. The number of ether oxygens (including phenoxy) is 3. The molecule has 5 rings (SSSR count). The lowest BCUT2D eigenvalue weighted by Crippen LogP contribution is -2.35. The van der Waals surface area contributed by atoms with E-state index in [1.165, 1.54) is 0 Å². The fraction of sp³-hybridized carbons (Fsp3) is 0.286. The second-order valence-electron chi connectivity index (χ2n) is 7.00. The predicted molar refractivity (Wildman–Crippen MR) is 101 cm³/mol. The van der Waals surface area contributed by atoms with Crippen LogP contribution in [0, 0.1) is 0 Å². The van der Waals surface area contributed by atoms with Gasteiger partial charge in [0.05, 0.1) is 18.5 Å². The maximum atomic E-state index is 12.9. The standard InChI is InChI=1S/C21H19NO6/c1-22-8-7-11-9-14-19(27-10-26-14)20(25-2)15(11)17(22)16-18(23)12-5-3-4-6-13(12)28-21(16)24/h3-6,9,17,23H,7-8,10H2,1-2H3/t17-/m0/s1. The molecule has 1 atom stereocenters. The number of rotatable bonds is 2. The lowest BCUT2D eigenvalue weighted by molar-refractivity contribution is 0.170. The van der Waals surface area contributed by atoms with Gasteiger partial charge >= 0.3 is 5.63 Å². The lowest BCUT2D eigenvalue weighted by Gasteiger charge is -2.35. The first-order valence-corrected chi connectivity index (χ1v) is 9.04. The summed E-state index contributed by atoms with van der Waals surface area (Å²) in [5, 5.41) is 11.5. The molecule has 3 heterocycles. The van der Waals surface area contributed by atoms with E-state index in [1.54, 1.807) is 31.4 Å². The molecule has 0 bridgehead atoms. The number of fused-ring (bicyclic) bond motifs is 3. The van der Waals surface area contributed by atoms with Gasteiger partial charge in [-0.05, 0) is 37.2 Å². The summed E-state index contributed by atoms with van der Waals surface area (Å²) in [6, 6.07) is 8.35. The Morgan fingerprint density at radius 1 is 1.21 bits per heavy atom. The SMILES string of the molecule is COc1c2c(cc3c1[C@@H](c1c(O)c4ccccc4oc1=O)N(C)CC3)OCO2. The Morgan fingerprint density at radius 3 is 2.86 bits per heavy atom. The molecule has 144 valence electrons. The highest BCUT2D eigenvalue weighted by atomic mass is 16.7. The second kappa shape index (κ2) is 6.17. The number of likely N-dealkylation sites (N-methyl/N-ethyl adjacent to an activating group) is 1. The van der Waals surface area contributed by atoms with Gasteiger partial charge in [0.15, 0.2) is 11.5 Å². The van der Waals surface area contributed by atoms with Crippen molar-refractivity contribution in [2.75, 3.05) is 27.5 Å². The van der Waals surface area contributed by atoms with Crippen molar-refractivity contribution in [3.8, 4) is 23.0 Å². The molecule has 0 saturated heterocycles. The van der Waals surface area contributed by atoms with E-state index in [-0.39, 0.29) is 18.1 Å². The third kappa shape index (κ3) is 2.29. The number of nitrogens with zero attached hydrogens (tertiary/aromatic N) is 1. The molecule has 2 aliphatic rings. The van der Waals surface area contributed by atoms with Crippen LogP contribution < -0.4 is 19.8 Å². The minimum atomic E-state index is -0.569. The molecule has 28 heavy (non-hydrogen) atoms. The summed E-state index contributed by atoms with van der Waals surface area (Å²) in [4.78, 5) is 14.9. The molecule has 0 amide bonds. The van der Waals surface area contributed by atoms with E-state index in [9.17, 15) is 9.90 Å². The third-order valence-electron chi connectivity index (χ3n) is 5.49. The second-order valence-corrected chi connectivity index (χ2v) is 7.00. The van der Waals surface area contributed by atoms with Gasteiger partial charge in [-0.3, -0.25) is 4.90 Å². The highest BCUT2D eigenvalue weighted by molar-refractivity contribution is 5.84. The van der Waals surface area contributed by atoms with Crippen LogP contribution in [0.5, 0.6) is 23.0 Å². The van der Waals surface area contributed by atoms with Crippen molar-refractivity contribution in [3.05, 3.63) is 57.4 Å². The van der Waals surface area contributed by atoms with E-state index in [4.69, 9.17) is 18.6 Å². The summed E-state index contributed by atoms with van der Waals surface area (Å²) in [6.45, 7) is 0.824. The van der Waals surface area contributed by atoms with Crippen molar-refractivity contribution in [1.29, 1.82) is 0 Å². The summed E-state index contributed by atoms with van der Waals surface area (Å²) in [5.41, 5.74) is 1.76. The quantitative estimate of drug-likeness (QED) is 0.684. The van der Waals surface area contributed by atoms with Gasteiger partial charge < -0.3 is 23.7 Å². The first-order chi connectivity index (χ1) is 13.6. The van der Waals surface area contributed by atoms with Crippen molar-refractivity contribution in [3.63, 3.8) is 0 Å². The summed E-state index contributed by atoms with van der Waals surface area (Å²) in [7, 11) is 3.47. The Balaban J connectivity index is 1.82. The van der Waals surface area contributed by atoms with E-state index in [0.717, 1.165) is 17.5 Å². The minimum Gasteiger partial charge on any atom is -0.507 e. The zero-order valence-corrected chi connectivity index (χ0v) is 15.5. The zero-order chi connectivity index (χ0) is 19.4. The molecule has 0 spiro atoms. The molecular formula is C21H19NO6. The van der Waals surface area contributed by atoms with Gasteiger partial charge in [0.25, 0.3) is 0 Å². The molecule has 7 nitrogen and oxygen atoms in total. The largest absolute Gasteiger partial charge is 0.507 e. The van der Waals surface area contributed by atoms with Crippen LogP contribution in [0.3, 0.4) is 0 Å². The highest BCUT2D eigenvalue weighted by Gasteiger charge is 2.38. The molecule has 1 N–H and O–H groups in total. The first kappa shape index (κ1) is 16.9. The molecule has 0 saturated carbocycles. The molecule has 0 unspecified atom stereocenters. The molecule has 7 heteroatoms. The van der Waals surface area contributed by atoms with Crippen LogP contribution in [0.2, 0.25) is 0 Å². The van der Waals surface area contributed by atoms with Crippen LogP contribution in [-0.4, -0.2) is 37.5 Å². The molecule has 2 aromatic carbocycles. The van der Waals surface area contributed by atoms with Gasteiger partial charge in [-0.25, -0.2) is 4.79 Å². The van der Waals surface area contributed by atoms with E-state index in [1.807, 2.05) is 18.0 Å². The highest BCUT2D eigenvalue weighted by Crippen LogP contribution is 2.51. The monoisotopic (exact) mass is 381 g/mol. The van der Waals surface area contributed by atoms with Crippen molar-refractivity contribution < 1.29 is 23.7 Å². The van der Waals surface area contributed by atoms with Crippen LogP contribution >= 0.6 is 0 Å². The Labute approximate surface area is 160 Å². The Bertz CT molecular complexity index is 1150. The van der Waals surface area contributed by atoms with Crippen LogP contribution in [0.15, 0.2) is 39.5 Å². The summed E-state index contributed by atoms with van der Waals surface area (Å²) < 4.78 is 22.3. The topological polar surface area (TPSA) is 81.4 Å². The molecule has 3 aromatic rings. The van der Waals surface area contributed by atoms with Crippen LogP contribution in [0.25, 0.3) is 11.0 Å². The number of benzene rings is 2. The number of hydrogen-bond acceptors (Lipinski definition) is 7. The predicted octanol–water partition coefficient (Wildman–Crippen LogP) is 2.81. The average molecular weight is 381 g/mol. The summed E-state index contributed by atoms with van der Waals surface area (Å²) >= 11 is 0. The van der Waals surface area contributed by atoms with E-state index in [0.29, 0.717) is 34.8 Å². The lowest BCUT2D eigenvalue weighted by atomic mass is 9.87. The van der Waals surface area contributed by atoms with Crippen molar-refractivity contribution >= 4 is 11.0 Å². The Kier molecular flexibility index (Phi) is 3.73. The van der Waals surface area contributed by atoms with Crippen LogP contribution in [-0.2, 0) is 6.42 Å². The van der Waals surface area contributed by atoms with Gasteiger partial charge in [-0.2, -0.15) is 0 Å². The van der Waals surface area contributed by atoms with Crippen molar-refractivity contribution in [2.45, 2.75) is 12.5 Å². The fourth-order valence-electron chi connectivity index (χ4n) is 4.19. The van der Waals surface area contributed by atoms with E-state index in [2.05, 4.69) is 0 Å². The van der Waals surface area contributed by atoms with Gasteiger partial charge in [0.2, 0.25) is 12.5 Å². The summed E-state index contributed by atoms with van der Waals surface area (Å²) in [5.74, 6) is 1.60. The van der Waals surface area contributed by atoms with Crippen LogP contribution in [0.1, 0.15) is 22.7 Å². The van der Waals surface area contributed by atoms with E-state index < -0.39 is 11.7 Å². The number of aromatic hydroxyl groups is 1. The maximum Gasteiger partial charge on any atom is 0.345 e.